The fourth-order valence-electron chi connectivity index (χ4n) is 2.79. The summed E-state index contributed by atoms with van der Waals surface area (Å²) in [4.78, 5) is 24.8. The van der Waals surface area contributed by atoms with Crippen molar-refractivity contribution in [3.05, 3.63) is 81.1 Å². The summed E-state index contributed by atoms with van der Waals surface area (Å²) in [6.45, 7) is 5.53. The average Bonchev–Trinajstić information content (AvgIpc) is 2.71. The van der Waals surface area contributed by atoms with Gasteiger partial charge in [0.25, 0.3) is 11.5 Å². The van der Waals surface area contributed by atoms with Gasteiger partial charge < -0.3 is 10.1 Å². The number of nitrogens with one attached hydrogen (secondary N) is 1. The van der Waals surface area contributed by atoms with Crippen molar-refractivity contribution in [2.75, 3.05) is 5.32 Å². The van der Waals surface area contributed by atoms with Crippen LogP contribution in [0.2, 0.25) is 5.02 Å². The lowest BCUT2D eigenvalue weighted by molar-refractivity contribution is -0.122. The van der Waals surface area contributed by atoms with Gasteiger partial charge in [-0.1, -0.05) is 36.7 Å². The number of hydrogen-bond acceptors (Lipinski definition) is 4. The number of carbonyl (C=O) groups excluding carboxylic acids is 1. The van der Waals surface area contributed by atoms with Crippen molar-refractivity contribution >= 4 is 23.2 Å². The normalized spacial score (nSPS) is 11.7. The number of hydrogen-bond donors (Lipinski definition) is 1. The van der Waals surface area contributed by atoms with Crippen molar-refractivity contribution in [2.45, 2.75) is 33.3 Å². The predicted molar refractivity (Wildman–Crippen MR) is 114 cm³/mol. The van der Waals surface area contributed by atoms with E-state index in [-0.39, 0.29) is 17.3 Å². The number of aryl methyl sites for hydroxylation is 2. The molecular weight excluding hydrogens is 390 g/mol. The Morgan fingerprint density at radius 3 is 2.76 bits per heavy atom. The van der Waals surface area contributed by atoms with E-state index in [1.807, 2.05) is 31.2 Å². The molecule has 0 aliphatic heterocycles. The monoisotopic (exact) mass is 411 g/mol. The molecule has 29 heavy (non-hydrogen) atoms. The van der Waals surface area contributed by atoms with Crippen LogP contribution in [0.25, 0.3) is 5.69 Å². The minimum absolute atomic E-state index is 0.161. The van der Waals surface area contributed by atoms with Crippen LogP contribution in [0, 0.1) is 6.92 Å². The molecular formula is C22H22ClN3O3. The molecule has 0 fully saturated rings. The molecule has 0 radical (unpaired) electrons. The maximum Gasteiger partial charge on any atom is 0.271 e. The molecule has 0 bridgehead atoms. The number of halogens is 1. The van der Waals surface area contributed by atoms with Crippen molar-refractivity contribution in [2.24, 2.45) is 0 Å². The van der Waals surface area contributed by atoms with Crippen LogP contribution in [0.5, 0.6) is 5.88 Å². The molecule has 150 valence electrons. The van der Waals surface area contributed by atoms with Gasteiger partial charge in [-0.15, -0.1) is 5.10 Å². The van der Waals surface area contributed by atoms with Gasteiger partial charge in [-0.25, -0.2) is 0 Å². The Bertz CT molecular complexity index is 1090. The maximum absolute atomic E-state index is 12.5. The zero-order valence-electron chi connectivity index (χ0n) is 16.5. The molecule has 3 aromatic rings. The highest BCUT2D eigenvalue weighted by molar-refractivity contribution is 6.30. The number of nitrogens with zero attached hydrogens (tertiary/aromatic N) is 2. The highest BCUT2D eigenvalue weighted by Gasteiger charge is 2.17. The maximum atomic E-state index is 12.5. The average molecular weight is 412 g/mol. The van der Waals surface area contributed by atoms with E-state index in [0.717, 1.165) is 17.5 Å². The van der Waals surface area contributed by atoms with Crippen LogP contribution in [0.1, 0.15) is 25.0 Å². The summed E-state index contributed by atoms with van der Waals surface area (Å²) in [7, 11) is 0. The lowest BCUT2D eigenvalue weighted by Crippen LogP contribution is -2.31. The van der Waals surface area contributed by atoms with Crippen molar-refractivity contribution in [1.82, 2.24) is 9.78 Å². The molecule has 1 unspecified atom stereocenters. The molecule has 1 heterocycles. The summed E-state index contributed by atoms with van der Waals surface area (Å²) in [5.74, 6) is -0.148. The second-order valence-electron chi connectivity index (χ2n) is 6.66. The van der Waals surface area contributed by atoms with Crippen LogP contribution in [0.4, 0.5) is 5.69 Å². The molecule has 0 saturated heterocycles. The van der Waals surface area contributed by atoms with Crippen molar-refractivity contribution in [1.29, 1.82) is 0 Å². The molecule has 3 rings (SSSR count). The molecule has 7 heteroatoms. The Morgan fingerprint density at radius 2 is 2.00 bits per heavy atom. The van der Waals surface area contributed by atoms with E-state index in [0.29, 0.717) is 16.4 Å². The first-order valence-electron chi connectivity index (χ1n) is 9.30. The second-order valence-corrected chi connectivity index (χ2v) is 7.09. The SMILES string of the molecule is CCc1cccc(NC(=O)C(C)Oc2ccc(=O)n(-c3cc(Cl)ccc3C)n2)c1. The number of anilines is 1. The number of rotatable bonds is 6. The predicted octanol–water partition coefficient (Wildman–Crippen LogP) is 4.16. The molecule has 0 saturated carbocycles. The highest BCUT2D eigenvalue weighted by atomic mass is 35.5. The molecule has 0 aliphatic rings. The van der Waals surface area contributed by atoms with Gasteiger partial charge in [0.05, 0.1) is 5.69 Å². The van der Waals surface area contributed by atoms with E-state index in [1.165, 1.54) is 16.8 Å². The number of amides is 1. The summed E-state index contributed by atoms with van der Waals surface area (Å²) >= 11 is 6.06. The van der Waals surface area contributed by atoms with Gasteiger partial charge in [0, 0.05) is 22.8 Å². The standard InChI is InChI=1S/C22H22ClN3O3/c1-4-16-6-5-7-18(12-16)24-22(28)15(3)29-20-10-11-21(27)26(25-20)19-13-17(23)9-8-14(19)2/h5-13,15H,4H2,1-3H3,(H,24,28). The number of aromatic nitrogens is 2. The van der Waals surface area contributed by atoms with Gasteiger partial charge in [-0.05, 0) is 55.7 Å². The largest absolute Gasteiger partial charge is 0.463 e. The molecule has 0 spiro atoms. The van der Waals surface area contributed by atoms with Crippen LogP contribution in [0.3, 0.4) is 0 Å². The quantitative estimate of drug-likeness (QED) is 0.660. The fraction of sp³-hybridized carbons (Fsp3) is 0.227. The Morgan fingerprint density at radius 1 is 1.21 bits per heavy atom. The molecule has 6 nitrogen and oxygen atoms in total. The molecule has 0 aliphatic carbocycles. The Labute approximate surface area is 174 Å². The van der Waals surface area contributed by atoms with Crippen LogP contribution in [-0.2, 0) is 11.2 Å². The Kier molecular flexibility index (Phi) is 6.34. The summed E-state index contributed by atoms with van der Waals surface area (Å²) in [5, 5.41) is 7.57. The summed E-state index contributed by atoms with van der Waals surface area (Å²) < 4.78 is 6.89. The topological polar surface area (TPSA) is 73.2 Å². The number of ether oxygens (including phenoxy) is 1. The van der Waals surface area contributed by atoms with Gasteiger partial charge in [-0.2, -0.15) is 4.68 Å². The van der Waals surface area contributed by atoms with Gasteiger partial charge in [-0.3, -0.25) is 9.59 Å². The van der Waals surface area contributed by atoms with E-state index >= 15 is 0 Å². The highest BCUT2D eigenvalue weighted by Crippen LogP contribution is 2.19. The van der Waals surface area contributed by atoms with Crippen molar-refractivity contribution in [3.8, 4) is 11.6 Å². The van der Waals surface area contributed by atoms with E-state index in [2.05, 4.69) is 17.3 Å². The third-order valence-corrected chi connectivity index (χ3v) is 4.68. The lowest BCUT2D eigenvalue weighted by Gasteiger charge is -2.15. The first kappa shape index (κ1) is 20.6. The second kappa shape index (κ2) is 8.92. The van der Waals surface area contributed by atoms with Gasteiger partial charge in [0.1, 0.15) is 0 Å². The first-order valence-corrected chi connectivity index (χ1v) is 9.68. The number of carbonyl (C=O) groups is 1. The van der Waals surface area contributed by atoms with E-state index in [4.69, 9.17) is 16.3 Å². The summed E-state index contributed by atoms with van der Waals surface area (Å²) in [6, 6.07) is 15.6. The van der Waals surface area contributed by atoms with Crippen LogP contribution >= 0.6 is 11.6 Å². The summed E-state index contributed by atoms with van der Waals surface area (Å²) in [6.07, 6.45) is 0.0728. The Hall–Kier alpha value is -3.12. The van der Waals surface area contributed by atoms with E-state index < -0.39 is 6.10 Å². The summed E-state index contributed by atoms with van der Waals surface area (Å²) in [5.41, 5.74) is 2.90. The van der Waals surface area contributed by atoms with Crippen LogP contribution < -0.4 is 15.6 Å². The minimum atomic E-state index is -0.806. The van der Waals surface area contributed by atoms with Crippen molar-refractivity contribution < 1.29 is 9.53 Å². The zero-order valence-corrected chi connectivity index (χ0v) is 17.2. The molecule has 1 amide bonds. The van der Waals surface area contributed by atoms with Gasteiger partial charge in [0.2, 0.25) is 5.88 Å². The van der Waals surface area contributed by atoms with Crippen molar-refractivity contribution in [3.63, 3.8) is 0 Å². The van der Waals surface area contributed by atoms with Crippen LogP contribution in [-0.4, -0.2) is 21.8 Å². The van der Waals surface area contributed by atoms with Crippen LogP contribution in [0.15, 0.2) is 59.4 Å². The van der Waals surface area contributed by atoms with Gasteiger partial charge >= 0.3 is 0 Å². The third-order valence-electron chi connectivity index (χ3n) is 4.44. The third kappa shape index (κ3) is 5.03. The zero-order chi connectivity index (χ0) is 21.0. The molecule has 1 N–H and O–H groups in total. The minimum Gasteiger partial charge on any atom is -0.463 e. The molecule has 1 aromatic heterocycles. The number of benzene rings is 2. The molecule has 2 aromatic carbocycles. The van der Waals surface area contributed by atoms with E-state index in [9.17, 15) is 9.59 Å². The van der Waals surface area contributed by atoms with E-state index in [1.54, 1.807) is 25.1 Å². The van der Waals surface area contributed by atoms with Gasteiger partial charge in [0.15, 0.2) is 6.10 Å². The smallest absolute Gasteiger partial charge is 0.271 e. The first-order chi connectivity index (χ1) is 13.9. The fourth-order valence-corrected chi connectivity index (χ4v) is 2.95. The molecule has 1 atom stereocenters. The lowest BCUT2D eigenvalue weighted by atomic mass is 10.1. The Balaban J connectivity index is 1.78.